The minimum Gasteiger partial charge on any atom is -0.496 e. The zero-order chi connectivity index (χ0) is 23.8. The van der Waals surface area contributed by atoms with Gasteiger partial charge in [-0.15, -0.1) is 0 Å². The summed E-state index contributed by atoms with van der Waals surface area (Å²) in [5.74, 6) is 1.35. The highest BCUT2D eigenvalue weighted by atomic mass is 79.9. The van der Waals surface area contributed by atoms with E-state index in [4.69, 9.17) is 19.9 Å². The first-order valence-corrected chi connectivity index (χ1v) is 11.4. The fourth-order valence-corrected chi connectivity index (χ4v) is 4.83. The van der Waals surface area contributed by atoms with Gasteiger partial charge < -0.3 is 19.9 Å². The van der Waals surface area contributed by atoms with Crippen LogP contribution >= 0.6 is 15.9 Å². The van der Waals surface area contributed by atoms with Crippen LogP contribution in [-0.2, 0) is 16.1 Å². The topological polar surface area (TPSA) is 94.6 Å². The van der Waals surface area contributed by atoms with Crippen molar-refractivity contribution in [1.29, 1.82) is 5.26 Å². The molecule has 0 radical (unpaired) electrons. The van der Waals surface area contributed by atoms with Gasteiger partial charge in [0.15, 0.2) is 5.78 Å². The van der Waals surface area contributed by atoms with E-state index in [-0.39, 0.29) is 29.3 Å². The van der Waals surface area contributed by atoms with Crippen LogP contribution in [0.5, 0.6) is 11.5 Å². The maximum Gasteiger partial charge on any atom is 0.205 e. The van der Waals surface area contributed by atoms with E-state index in [1.165, 1.54) is 0 Å². The molecule has 1 atom stereocenters. The number of methoxy groups -OCH3 is 1. The molecule has 0 unspecified atom stereocenters. The maximum atomic E-state index is 13.2. The molecule has 33 heavy (non-hydrogen) atoms. The lowest BCUT2D eigenvalue weighted by molar-refractivity contribution is -0.119. The monoisotopic (exact) mass is 508 g/mol. The van der Waals surface area contributed by atoms with Crippen LogP contribution in [0, 0.1) is 16.7 Å². The molecule has 0 aromatic heterocycles. The molecule has 0 saturated heterocycles. The minimum absolute atomic E-state index is 0.0201. The number of hydrogen-bond donors (Lipinski definition) is 1. The largest absolute Gasteiger partial charge is 0.496 e. The number of allylic oxidation sites excluding steroid dienone is 3. The lowest BCUT2D eigenvalue weighted by Crippen LogP contribution is -2.33. The normalized spacial score (nSPS) is 19.5. The Morgan fingerprint density at radius 1 is 1.21 bits per heavy atom. The summed E-state index contributed by atoms with van der Waals surface area (Å²) in [7, 11) is 1.59. The first kappa shape index (κ1) is 22.9. The number of para-hydroxylation sites is 1. The van der Waals surface area contributed by atoms with E-state index < -0.39 is 5.92 Å². The summed E-state index contributed by atoms with van der Waals surface area (Å²) >= 11 is 3.49. The molecule has 0 amide bonds. The highest BCUT2D eigenvalue weighted by Crippen LogP contribution is 2.48. The van der Waals surface area contributed by atoms with Crippen LogP contribution in [0.1, 0.15) is 43.7 Å². The van der Waals surface area contributed by atoms with Crippen LogP contribution in [0.2, 0.25) is 0 Å². The number of nitriles is 1. The Kier molecular flexibility index (Phi) is 6.22. The predicted octanol–water partition coefficient (Wildman–Crippen LogP) is 5.49. The number of nitrogens with two attached hydrogens (primary N) is 1. The first-order chi connectivity index (χ1) is 15.7. The number of carbonyl (C=O) groups is 1. The van der Waals surface area contributed by atoms with Gasteiger partial charge in [0.25, 0.3) is 0 Å². The van der Waals surface area contributed by atoms with Crippen LogP contribution in [0.25, 0.3) is 0 Å². The molecular formula is C26H25BrN2O4. The third-order valence-electron chi connectivity index (χ3n) is 5.93. The number of benzene rings is 2. The van der Waals surface area contributed by atoms with Crippen LogP contribution in [0.15, 0.2) is 69.7 Å². The molecule has 2 aromatic rings. The van der Waals surface area contributed by atoms with Gasteiger partial charge in [-0.1, -0.05) is 32.0 Å². The van der Waals surface area contributed by atoms with Crippen molar-refractivity contribution >= 4 is 21.7 Å². The molecule has 0 saturated carbocycles. The van der Waals surface area contributed by atoms with Crippen molar-refractivity contribution in [2.24, 2.45) is 11.1 Å². The summed E-state index contributed by atoms with van der Waals surface area (Å²) in [6.07, 6.45) is 0.969. The smallest absolute Gasteiger partial charge is 0.205 e. The van der Waals surface area contributed by atoms with Crippen LogP contribution in [0.4, 0.5) is 0 Å². The Bertz CT molecular complexity index is 1220. The van der Waals surface area contributed by atoms with E-state index in [1.54, 1.807) is 7.11 Å². The molecule has 6 nitrogen and oxygen atoms in total. The molecule has 170 valence electrons. The van der Waals surface area contributed by atoms with Crippen LogP contribution in [0.3, 0.4) is 0 Å². The van der Waals surface area contributed by atoms with Crippen molar-refractivity contribution in [2.45, 2.75) is 39.2 Å². The standard InChI is InChI=1S/C26H25BrN2O4/c1-26(2)11-19(30)24-22(12-26)33-25(29)17(13-28)23(24)15-8-9-20(31-3)16(10-15)14-32-21-7-5-4-6-18(21)27/h4-10,23H,11-12,14,29H2,1-3H3/t23-/m1/s1. The Balaban J connectivity index is 1.76. The molecule has 4 rings (SSSR count). The third-order valence-corrected chi connectivity index (χ3v) is 6.59. The van der Waals surface area contributed by atoms with E-state index in [2.05, 4.69) is 22.0 Å². The van der Waals surface area contributed by atoms with Gasteiger partial charge in [-0.2, -0.15) is 5.26 Å². The Hall–Kier alpha value is -3.24. The Labute approximate surface area is 201 Å². The van der Waals surface area contributed by atoms with Gasteiger partial charge in [-0.05, 0) is 51.2 Å². The fraction of sp³-hybridized carbons (Fsp3) is 0.308. The second kappa shape index (κ2) is 8.95. The minimum atomic E-state index is -0.588. The van der Waals surface area contributed by atoms with E-state index in [9.17, 15) is 10.1 Å². The Morgan fingerprint density at radius 3 is 2.67 bits per heavy atom. The van der Waals surface area contributed by atoms with Crippen molar-refractivity contribution in [2.75, 3.05) is 7.11 Å². The quantitative estimate of drug-likeness (QED) is 0.573. The number of hydrogen-bond acceptors (Lipinski definition) is 6. The van der Waals surface area contributed by atoms with E-state index in [0.717, 1.165) is 15.6 Å². The number of nitrogens with zero attached hydrogens (tertiary/aromatic N) is 1. The van der Waals surface area contributed by atoms with E-state index >= 15 is 0 Å². The molecule has 7 heteroatoms. The van der Waals surface area contributed by atoms with Crippen molar-refractivity contribution in [3.05, 3.63) is 80.9 Å². The van der Waals surface area contributed by atoms with Gasteiger partial charge in [0.1, 0.15) is 35.5 Å². The molecule has 0 fully saturated rings. The fourth-order valence-electron chi connectivity index (χ4n) is 4.43. The van der Waals surface area contributed by atoms with Crippen molar-refractivity contribution in [3.63, 3.8) is 0 Å². The number of rotatable bonds is 5. The zero-order valence-corrected chi connectivity index (χ0v) is 20.4. The number of ether oxygens (including phenoxy) is 3. The third kappa shape index (κ3) is 4.49. The van der Waals surface area contributed by atoms with Gasteiger partial charge in [0.2, 0.25) is 5.88 Å². The highest BCUT2D eigenvalue weighted by molar-refractivity contribution is 9.10. The predicted molar refractivity (Wildman–Crippen MR) is 127 cm³/mol. The maximum absolute atomic E-state index is 13.2. The number of carbonyl (C=O) groups excluding carboxylic acids is 1. The molecule has 1 aliphatic carbocycles. The van der Waals surface area contributed by atoms with Crippen molar-refractivity contribution in [1.82, 2.24) is 0 Å². The molecule has 2 aromatic carbocycles. The summed E-state index contributed by atoms with van der Waals surface area (Å²) in [4.78, 5) is 13.2. The summed E-state index contributed by atoms with van der Waals surface area (Å²) in [6.45, 7) is 4.30. The lowest BCUT2D eigenvalue weighted by atomic mass is 9.70. The van der Waals surface area contributed by atoms with Crippen molar-refractivity contribution in [3.8, 4) is 17.6 Å². The highest BCUT2D eigenvalue weighted by Gasteiger charge is 2.43. The molecule has 1 heterocycles. The number of Topliss-reactive ketones (excluding diaryl/α,β-unsaturated/α-hetero) is 1. The van der Waals surface area contributed by atoms with E-state index in [1.807, 2.05) is 56.3 Å². The summed E-state index contributed by atoms with van der Waals surface area (Å²) in [6, 6.07) is 15.3. The van der Waals surface area contributed by atoms with Gasteiger partial charge in [0, 0.05) is 24.0 Å². The lowest BCUT2D eigenvalue weighted by Gasteiger charge is -2.37. The summed E-state index contributed by atoms with van der Waals surface area (Å²) in [5.41, 5.74) is 8.23. The zero-order valence-electron chi connectivity index (χ0n) is 18.8. The second-order valence-electron chi connectivity index (χ2n) is 8.99. The second-order valence-corrected chi connectivity index (χ2v) is 9.85. The molecule has 1 aliphatic heterocycles. The van der Waals surface area contributed by atoms with Crippen molar-refractivity contribution < 1.29 is 19.0 Å². The van der Waals surface area contributed by atoms with Gasteiger partial charge >= 0.3 is 0 Å². The number of halogens is 1. The molecule has 0 spiro atoms. The van der Waals surface area contributed by atoms with E-state index in [0.29, 0.717) is 35.7 Å². The summed E-state index contributed by atoms with van der Waals surface area (Å²) < 4.78 is 18.2. The average molecular weight is 509 g/mol. The molecule has 2 aliphatic rings. The van der Waals surface area contributed by atoms with Crippen LogP contribution in [-0.4, -0.2) is 12.9 Å². The Morgan fingerprint density at radius 2 is 1.97 bits per heavy atom. The van der Waals surface area contributed by atoms with Crippen LogP contribution < -0.4 is 15.2 Å². The number of ketones is 1. The van der Waals surface area contributed by atoms with Gasteiger partial charge in [-0.25, -0.2) is 0 Å². The van der Waals surface area contributed by atoms with Gasteiger partial charge in [-0.3, -0.25) is 4.79 Å². The summed E-state index contributed by atoms with van der Waals surface area (Å²) in [5, 5.41) is 9.87. The SMILES string of the molecule is COc1ccc([C@@H]2C(C#N)=C(N)OC3=C2C(=O)CC(C)(C)C3)cc1COc1ccccc1Br. The molecular weight excluding hydrogens is 484 g/mol. The van der Waals surface area contributed by atoms with Gasteiger partial charge in [0.05, 0.1) is 17.5 Å². The molecule has 0 bridgehead atoms. The first-order valence-electron chi connectivity index (χ1n) is 10.6. The average Bonchev–Trinajstić information content (AvgIpc) is 2.76. The molecule has 2 N–H and O–H groups in total.